The second kappa shape index (κ2) is 6.78. The zero-order chi connectivity index (χ0) is 17.0. The van der Waals surface area contributed by atoms with E-state index >= 15 is 0 Å². The smallest absolute Gasteiger partial charge is 0.340 e. The van der Waals surface area contributed by atoms with Gasteiger partial charge in [0.2, 0.25) is 5.75 Å². The fourth-order valence-corrected chi connectivity index (χ4v) is 2.20. The Morgan fingerprint density at radius 3 is 2.48 bits per heavy atom. The molecule has 0 aliphatic carbocycles. The largest absolute Gasteiger partial charge is 0.496 e. The molecule has 0 unspecified atom stereocenters. The maximum atomic E-state index is 11.5. The predicted octanol–water partition coefficient (Wildman–Crippen LogP) is 3.19. The number of nitro groups is 1. The molecule has 0 radical (unpaired) electrons. The number of ether oxygens (including phenoxy) is 2. The number of hydrogen-bond acceptors (Lipinski definition) is 5. The van der Waals surface area contributed by atoms with Crippen molar-refractivity contribution in [3.63, 3.8) is 0 Å². The molecule has 0 aliphatic rings. The van der Waals surface area contributed by atoms with Gasteiger partial charge in [-0.1, -0.05) is 30.3 Å². The minimum atomic E-state index is -1.31. The van der Waals surface area contributed by atoms with Gasteiger partial charge in [0.25, 0.3) is 0 Å². The van der Waals surface area contributed by atoms with E-state index in [0.717, 1.165) is 5.56 Å². The van der Waals surface area contributed by atoms with Crippen molar-refractivity contribution in [1.82, 2.24) is 0 Å². The number of carbonyl (C=O) groups is 1. The molecule has 7 heteroatoms. The van der Waals surface area contributed by atoms with Crippen LogP contribution in [0.5, 0.6) is 11.5 Å². The molecule has 0 bridgehead atoms. The van der Waals surface area contributed by atoms with Crippen LogP contribution in [0.3, 0.4) is 0 Å². The lowest BCUT2D eigenvalue weighted by Crippen LogP contribution is -2.09. The molecule has 2 rings (SSSR count). The van der Waals surface area contributed by atoms with E-state index in [1.807, 2.05) is 6.07 Å². The number of aromatic carboxylic acids is 1. The summed E-state index contributed by atoms with van der Waals surface area (Å²) in [6.07, 6.45) is 0. The van der Waals surface area contributed by atoms with E-state index in [9.17, 15) is 20.0 Å². The van der Waals surface area contributed by atoms with E-state index in [2.05, 4.69) is 0 Å². The minimum absolute atomic E-state index is 0.0216. The average molecular weight is 317 g/mol. The maximum absolute atomic E-state index is 11.5. The molecule has 0 spiro atoms. The Bertz CT molecular complexity index is 742. The third-order valence-electron chi connectivity index (χ3n) is 3.33. The molecule has 1 N–H and O–H groups in total. The fourth-order valence-electron chi connectivity index (χ4n) is 2.20. The van der Waals surface area contributed by atoms with Crippen LogP contribution in [-0.2, 0) is 6.61 Å². The lowest BCUT2D eigenvalue weighted by atomic mass is 10.0. The van der Waals surface area contributed by atoms with Crippen molar-refractivity contribution in [3.05, 3.63) is 63.2 Å². The van der Waals surface area contributed by atoms with Gasteiger partial charge in [-0.05, 0) is 12.5 Å². The molecule has 23 heavy (non-hydrogen) atoms. The van der Waals surface area contributed by atoms with Crippen LogP contribution in [0.4, 0.5) is 5.69 Å². The van der Waals surface area contributed by atoms with Gasteiger partial charge in [-0.25, -0.2) is 4.79 Å². The minimum Gasteiger partial charge on any atom is -0.496 e. The summed E-state index contributed by atoms with van der Waals surface area (Å²) in [6, 6.07) is 10.1. The first kappa shape index (κ1) is 16.3. The van der Waals surface area contributed by atoms with E-state index in [0.29, 0.717) is 0 Å². The molecule has 0 heterocycles. The molecule has 120 valence electrons. The Morgan fingerprint density at radius 2 is 1.96 bits per heavy atom. The number of carboxylic acid groups (broad SMARTS) is 1. The van der Waals surface area contributed by atoms with Crippen LogP contribution in [0.25, 0.3) is 0 Å². The Morgan fingerprint density at radius 1 is 1.30 bits per heavy atom. The average Bonchev–Trinajstić information content (AvgIpc) is 2.53. The van der Waals surface area contributed by atoms with Crippen LogP contribution in [0.2, 0.25) is 0 Å². The molecule has 2 aromatic carbocycles. The molecule has 0 amide bonds. The van der Waals surface area contributed by atoms with Gasteiger partial charge in [0, 0.05) is 5.56 Å². The quantitative estimate of drug-likeness (QED) is 0.649. The Hall–Kier alpha value is -3.09. The summed E-state index contributed by atoms with van der Waals surface area (Å²) >= 11 is 0. The van der Waals surface area contributed by atoms with E-state index in [1.165, 1.54) is 20.1 Å². The normalized spacial score (nSPS) is 10.2. The molecule has 0 atom stereocenters. The molecule has 2 aromatic rings. The SMILES string of the molecule is COc1cc([N+](=O)[O-])c(OCc2ccccc2)c(C(=O)O)c1C. The second-order valence-electron chi connectivity index (χ2n) is 4.76. The summed E-state index contributed by atoms with van der Waals surface area (Å²) in [7, 11) is 1.32. The predicted molar refractivity (Wildman–Crippen MR) is 82.1 cm³/mol. The first-order valence-corrected chi connectivity index (χ1v) is 6.71. The standard InChI is InChI=1S/C16H15NO6/c1-10-13(22-2)8-12(17(20)21)15(14(10)16(18)19)23-9-11-6-4-3-5-7-11/h3-8H,9H2,1-2H3,(H,18,19). The van der Waals surface area contributed by atoms with E-state index in [1.54, 1.807) is 24.3 Å². The summed E-state index contributed by atoms with van der Waals surface area (Å²) in [5.74, 6) is -1.46. The molecule has 0 saturated heterocycles. The Labute approximate surface area is 132 Å². The van der Waals surface area contributed by atoms with Crippen molar-refractivity contribution >= 4 is 11.7 Å². The second-order valence-corrected chi connectivity index (χ2v) is 4.76. The van der Waals surface area contributed by atoms with Crippen LogP contribution in [-0.4, -0.2) is 23.1 Å². The van der Waals surface area contributed by atoms with Crippen molar-refractivity contribution in [2.24, 2.45) is 0 Å². The molecule has 0 fully saturated rings. The van der Waals surface area contributed by atoms with Crippen molar-refractivity contribution in [3.8, 4) is 11.5 Å². The van der Waals surface area contributed by atoms with Crippen LogP contribution >= 0.6 is 0 Å². The van der Waals surface area contributed by atoms with Gasteiger partial charge >= 0.3 is 11.7 Å². The number of benzene rings is 2. The van der Waals surface area contributed by atoms with E-state index in [-0.39, 0.29) is 29.2 Å². The molecule has 0 saturated carbocycles. The van der Waals surface area contributed by atoms with Gasteiger partial charge in [0.15, 0.2) is 0 Å². The number of methoxy groups -OCH3 is 1. The summed E-state index contributed by atoms with van der Waals surface area (Å²) in [6.45, 7) is 1.54. The zero-order valence-corrected chi connectivity index (χ0v) is 12.6. The number of carboxylic acids is 1. The van der Waals surface area contributed by atoms with Crippen LogP contribution < -0.4 is 9.47 Å². The highest BCUT2D eigenvalue weighted by atomic mass is 16.6. The monoisotopic (exact) mass is 317 g/mol. The van der Waals surface area contributed by atoms with Gasteiger partial charge < -0.3 is 14.6 Å². The van der Waals surface area contributed by atoms with Crippen LogP contribution in [0.15, 0.2) is 36.4 Å². The molecule has 0 aliphatic heterocycles. The van der Waals surface area contributed by atoms with E-state index < -0.39 is 16.6 Å². The fraction of sp³-hybridized carbons (Fsp3) is 0.188. The summed E-state index contributed by atoms with van der Waals surface area (Å²) in [5.41, 5.74) is 0.327. The number of rotatable bonds is 6. The van der Waals surface area contributed by atoms with Crippen LogP contribution in [0, 0.1) is 17.0 Å². The molecule has 7 nitrogen and oxygen atoms in total. The van der Waals surface area contributed by atoms with Gasteiger partial charge in [-0.15, -0.1) is 0 Å². The third-order valence-corrected chi connectivity index (χ3v) is 3.33. The highest BCUT2D eigenvalue weighted by Crippen LogP contribution is 2.39. The van der Waals surface area contributed by atoms with Crippen molar-refractivity contribution in [1.29, 1.82) is 0 Å². The topological polar surface area (TPSA) is 98.9 Å². The molecular weight excluding hydrogens is 302 g/mol. The summed E-state index contributed by atoms with van der Waals surface area (Å²) in [5, 5.41) is 20.7. The van der Waals surface area contributed by atoms with Gasteiger partial charge in [-0.3, -0.25) is 10.1 Å². The van der Waals surface area contributed by atoms with Crippen LogP contribution in [0.1, 0.15) is 21.5 Å². The lowest BCUT2D eigenvalue weighted by molar-refractivity contribution is -0.386. The van der Waals surface area contributed by atoms with Gasteiger partial charge in [0.05, 0.1) is 18.1 Å². The highest BCUT2D eigenvalue weighted by Gasteiger charge is 2.28. The van der Waals surface area contributed by atoms with Crippen molar-refractivity contribution in [2.75, 3.05) is 7.11 Å². The Kier molecular flexibility index (Phi) is 4.80. The highest BCUT2D eigenvalue weighted by molar-refractivity contribution is 5.95. The van der Waals surface area contributed by atoms with E-state index in [4.69, 9.17) is 9.47 Å². The van der Waals surface area contributed by atoms with Gasteiger partial charge in [0.1, 0.15) is 17.9 Å². The Balaban J connectivity index is 2.52. The molecular formula is C16H15NO6. The zero-order valence-electron chi connectivity index (χ0n) is 12.6. The third kappa shape index (κ3) is 3.39. The summed E-state index contributed by atoms with van der Waals surface area (Å²) < 4.78 is 10.5. The molecule has 0 aromatic heterocycles. The number of nitro benzene ring substituents is 1. The van der Waals surface area contributed by atoms with Crippen molar-refractivity contribution in [2.45, 2.75) is 13.5 Å². The first-order valence-electron chi connectivity index (χ1n) is 6.71. The lowest BCUT2D eigenvalue weighted by Gasteiger charge is -2.14. The summed E-state index contributed by atoms with van der Waals surface area (Å²) in [4.78, 5) is 22.1. The number of hydrogen-bond donors (Lipinski definition) is 1. The number of nitrogens with zero attached hydrogens (tertiary/aromatic N) is 1. The first-order chi connectivity index (χ1) is 11.0. The van der Waals surface area contributed by atoms with Crippen molar-refractivity contribution < 1.29 is 24.3 Å². The van der Waals surface area contributed by atoms with Gasteiger partial charge in [-0.2, -0.15) is 0 Å². The maximum Gasteiger partial charge on any atom is 0.340 e.